The average Bonchev–Trinajstić information content (AvgIpc) is 2.17. The highest BCUT2D eigenvalue weighted by molar-refractivity contribution is 5.06. The van der Waals surface area contributed by atoms with Gasteiger partial charge in [-0.3, -0.25) is 0 Å². The lowest BCUT2D eigenvalue weighted by atomic mass is 9.64. The summed E-state index contributed by atoms with van der Waals surface area (Å²) < 4.78 is 0. The zero-order valence-electron chi connectivity index (χ0n) is 7.91. The van der Waals surface area contributed by atoms with E-state index in [1.54, 1.807) is 0 Å². The molecule has 64 valence electrons. The molecule has 2 rings (SSSR count). The van der Waals surface area contributed by atoms with Gasteiger partial charge in [0, 0.05) is 6.04 Å². The first-order valence-electron chi connectivity index (χ1n) is 4.80. The SMILES string of the molecule is CC12CCNC(CC1)C2(C)C. The molecule has 0 aromatic rings. The minimum absolute atomic E-state index is 0.533. The molecule has 1 aliphatic heterocycles. The van der Waals surface area contributed by atoms with Crippen LogP contribution in [0.2, 0.25) is 0 Å². The van der Waals surface area contributed by atoms with Gasteiger partial charge < -0.3 is 5.32 Å². The van der Waals surface area contributed by atoms with Crippen molar-refractivity contribution in [3.8, 4) is 0 Å². The molecule has 0 radical (unpaired) electrons. The molecule has 1 nitrogen and oxygen atoms in total. The van der Waals surface area contributed by atoms with E-state index in [-0.39, 0.29) is 0 Å². The molecule has 0 spiro atoms. The fourth-order valence-electron chi connectivity index (χ4n) is 2.89. The van der Waals surface area contributed by atoms with Crippen LogP contribution in [0.4, 0.5) is 0 Å². The number of rotatable bonds is 0. The third-order valence-corrected chi connectivity index (χ3v) is 4.48. The quantitative estimate of drug-likeness (QED) is 0.562. The minimum Gasteiger partial charge on any atom is -0.313 e. The lowest BCUT2D eigenvalue weighted by molar-refractivity contribution is 0.0629. The van der Waals surface area contributed by atoms with Crippen molar-refractivity contribution in [2.24, 2.45) is 10.8 Å². The number of hydrogen-bond acceptors (Lipinski definition) is 1. The molecule has 2 bridgehead atoms. The van der Waals surface area contributed by atoms with E-state index in [9.17, 15) is 0 Å². The number of fused-ring (bicyclic) bond motifs is 2. The van der Waals surface area contributed by atoms with E-state index >= 15 is 0 Å². The zero-order valence-corrected chi connectivity index (χ0v) is 7.91. The van der Waals surface area contributed by atoms with Gasteiger partial charge in [0.25, 0.3) is 0 Å². The van der Waals surface area contributed by atoms with Crippen LogP contribution in [0.25, 0.3) is 0 Å². The maximum absolute atomic E-state index is 3.63. The monoisotopic (exact) mass is 153 g/mol. The smallest absolute Gasteiger partial charge is 0.0124 e. The van der Waals surface area contributed by atoms with Gasteiger partial charge in [0.15, 0.2) is 0 Å². The van der Waals surface area contributed by atoms with Crippen molar-refractivity contribution in [3.63, 3.8) is 0 Å². The standard InChI is InChI=1S/C10H19N/c1-9(2)8-4-5-10(9,3)6-7-11-8/h8,11H,4-7H2,1-3H3. The van der Waals surface area contributed by atoms with Crippen molar-refractivity contribution >= 4 is 0 Å². The number of piperidine rings is 1. The molecule has 11 heavy (non-hydrogen) atoms. The van der Waals surface area contributed by atoms with Gasteiger partial charge in [0.05, 0.1) is 0 Å². The van der Waals surface area contributed by atoms with E-state index in [2.05, 4.69) is 26.1 Å². The first-order valence-corrected chi connectivity index (χ1v) is 4.80. The third kappa shape index (κ3) is 0.807. The van der Waals surface area contributed by atoms with Gasteiger partial charge in [-0.2, -0.15) is 0 Å². The van der Waals surface area contributed by atoms with E-state index in [0.717, 1.165) is 6.04 Å². The van der Waals surface area contributed by atoms with Crippen LogP contribution >= 0.6 is 0 Å². The fraction of sp³-hybridized carbons (Fsp3) is 1.00. The van der Waals surface area contributed by atoms with E-state index in [1.165, 1.54) is 25.8 Å². The van der Waals surface area contributed by atoms with E-state index in [0.29, 0.717) is 10.8 Å². The molecule has 2 atom stereocenters. The molecule has 0 aromatic heterocycles. The van der Waals surface area contributed by atoms with Crippen LogP contribution in [0.5, 0.6) is 0 Å². The molecule has 2 fully saturated rings. The summed E-state index contributed by atoms with van der Waals surface area (Å²) >= 11 is 0. The highest BCUT2D eigenvalue weighted by Gasteiger charge is 2.53. The zero-order chi connectivity index (χ0) is 8.11. The van der Waals surface area contributed by atoms with Crippen LogP contribution in [0.15, 0.2) is 0 Å². The topological polar surface area (TPSA) is 12.0 Å². The summed E-state index contributed by atoms with van der Waals surface area (Å²) in [7, 11) is 0. The molecule has 0 amide bonds. The van der Waals surface area contributed by atoms with Crippen LogP contribution in [0, 0.1) is 10.8 Å². The summed E-state index contributed by atoms with van der Waals surface area (Å²) in [5.74, 6) is 0. The summed E-state index contributed by atoms with van der Waals surface area (Å²) in [5.41, 5.74) is 1.16. The Morgan fingerprint density at radius 3 is 2.45 bits per heavy atom. The molecule has 1 N–H and O–H groups in total. The Balaban J connectivity index is 2.33. The Hall–Kier alpha value is -0.0400. The molecular formula is C10H19N. The summed E-state index contributed by atoms with van der Waals surface area (Å²) in [6, 6.07) is 0.793. The molecule has 1 saturated carbocycles. The van der Waals surface area contributed by atoms with Crippen LogP contribution in [-0.2, 0) is 0 Å². The van der Waals surface area contributed by atoms with Gasteiger partial charge in [-0.05, 0) is 36.6 Å². The van der Waals surface area contributed by atoms with E-state index in [4.69, 9.17) is 0 Å². The summed E-state index contributed by atoms with van der Waals surface area (Å²) in [4.78, 5) is 0. The molecule has 1 heteroatoms. The van der Waals surface area contributed by atoms with Crippen LogP contribution < -0.4 is 5.32 Å². The van der Waals surface area contributed by atoms with Crippen molar-refractivity contribution in [1.29, 1.82) is 0 Å². The summed E-state index contributed by atoms with van der Waals surface area (Å²) in [6.07, 6.45) is 4.19. The van der Waals surface area contributed by atoms with E-state index < -0.39 is 0 Å². The van der Waals surface area contributed by atoms with Gasteiger partial charge in [0.2, 0.25) is 0 Å². The number of hydrogen-bond donors (Lipinski definition) is 1. The van der Waals surface area contributed by atoms with Gasteiger partial charge in [0.1, 0.15) is 0 Å². The lowest BCUT2D eigenvalue weighted by Crippen LogP contribution is -2.50. The van der Waals surface area contributed by atoms with Crippen molar-refractivity contribution < 1.29 is 0 Å². The first kappa shape index (κ1) is 7.60. The summed E-state index contributed by atoms with van der Waals surface area (Å²) in [5, 5.41) is 3.63. The Bertz CT molecular complexity index is 167. The second kappa shape index (κ2) is 2.01. The predicted molar refractivity (Wildman–Crippen MR) is 47.5 cm³/mol. The Labute approximate surface area is 69.6 Å². The summed E-state index contributed by atoms with van der Waals surface area (Å²) in [6.45, 7) is 8.56. The highest BCUT2D eigenvalue weighted by Crippen LogP contribution is 2.56. The van der Waals surface area contributed by atoms with Gasteiger partial charge >= 0.3 is 0 Å². The van der Waals surface area contributed by atoms with E-state index in [1.807, 2.05) is 0 Å². The highest BCUT2D eigenvalue weighted by atomic mass is 15.0. The van der Waals surface area contributed by atoms with Crippen molar-refractivity contribution in [2.45, 2.75) is 46.1 Å². The molecule has 1 aliphatic carbocycles. The Kier molecular flexibility index (Phi) is 1.39. The normalized spacial score (nSPS) is 47.7. The molecular weight excluding hydrogens is 134 g/mol. The van der Waals surface area contributed by atoms with Crippen molar-refractivity contribution in [1.82, 2.24) is 5.32 Å². The van der Waals surface area contributed by atoms with Crippen LogP contribution in [-0.4, -0.2) is 12.6 Å². The van der Waals surface area contributed by atoms with Gasteiger partial charge in [-0.1, -0.05) is 20.8 Å². The molecule has 2 unspecified atom stereocenters. The van der Waals surface area contributed by atoms with Crippen LogP contribution in [0.3, 0.4) is 0 Å². The first-order chi connectivity index (χ1) is 5.06. The second-order valence-electron chi connectivity index (χ2n) is 5.08. The number of nitrogens with one attached hydrogen (secondary N) is 1. The van der Waals surface area contributed by atoms with Gasteiger partial charge in [-0.25, -0.2) is 0 Å². The molecule has 1 heterocycles. The lowest BCUT2D eigenvalue weighted by Gasteiger charge is -2.46. The third-order valence-electron chi connectivity index (χ3n) is 4.48. The molecule has 0 aromatic carbocycles. The Morgan fingerprint density at radius 2 is 1.91 bits per heavy atom. The largest absolute Gasteiger partial charge is 0.313 e. The maximum Gasteiger partial charge on any atom is 0.0124 e. The van der Waals surface area contributed by atoms with Crippen LogP contribution in [0.1, 0.15) is 40.0 Å². The minimum atomic E-state index is 0.533. The predicted octanol–water partition coefficient (Wildman–Crippen LogP) is 2.17. The molecule has 1 saturated heterocycles. The fourth-order valence-corrected chi connectivity index (χ4v) is 2.89. The maximum atomic E-state index is 3.63. The molecule has 2 aliphatic rings. The van der Waals surface area contributed by atoms with Crippen molar-refractivity contribution in [2.75, 3.05) is 6.54 Å². The average molecular weight is 153 g/mol. The van der Waals surface area contributed by atoms with Crippen molar-refractivity contribution in [3.05, 3.63) is 0 Å². The van der Waals surface area contributed by atoms with Gasteiger partial charge in [-0.15, -0.1) is 0 Å². The Morgan fingerprint density at radius 1 is 1.18 bits per heavy atom. The second-order valence-corrected chi connectivity index (χ2v) is 5.08.